The Hall–Kier alpha value is -1.55. The Morgan fingerprint density at radius 3 is 2.40 bits per heavy atom. The summed E-state index contributed by atoms with van der Waals surface area (Å²) < 4.78 is 5.66. The molecule has 0 heterocycles. The predicted octanol–water partition coefficient (Wildman–Crippen LogP) is 2.27. The summed E-state index contributed by atoms with van der Waals surface area (Å²) in [4.78, 5) is 11.7. The van der Waals surface area contributed by atoms with Gasteiger partial charge in [-0.05, 0) is 46.8 Å². The second-order valence-electron chi connectivity index (χ2n) is 6.20. The Morgan fingerprint density at radius 2 is 1.85 bits per heavy atom. The summed E-state index contributed by atoms with van der Waals surface area (Å²) in [7, 11) is 0. The van der Waals surface area contributed by atoms with Gasteiger partial charge in [-0.3, -0.25) is 4.79 Å². The molecule has 4 heteroatoms. The van der Waals surface area contributed by atoms with Gasteiger partial charge in [0.15, 0.2) is 0 Å². The van der Waals surface area contributed by atoms with Gasteiger partial charge >= 0.3 is 0 Å². The molecule has 112 valence electrons. The molecule has 0 fully saturated rings. The second kappa shape index (κ2) is 7.29. The Kier molecular flexibility index (Phi) is 6.02. The van der Waals surface area contributed by atoms with E-state index in [4.69, 9.17) is 4.74 Å². The third kappa shape index (κ3) is 7.14. The molecule has 4 nitrogen and oxygen atoms in total. The summed E-state index contributed by atoms with van der Waals surface area (Å²) in [6.07, 6.45) is 0. The fourth-order valence-corrected chi connectivity index (χ4v) is 1.64. The lowest BCUT2D eigenvalue weighted by Gasteiger charge is -2.21. The minimum atomic E-state index is -0.194. The first-order valence-corrected chi connectivity index (χ1v) is 7.00. The maximum absolute atomic E-state index is 11.7. The van der Waals surface area contributed by atoms with Crippen LogP contribution in [0.25, 0.3) is 0 Å². The summed E-state index contributed by atoms with van der Waals surface area (Å²) in [5.74, 6) is 0.850. The first kappa shape index (κ1) is 16.5. The van der Waals surface area contributed by atoms with Gasteiger partial charge < -0.3 is 15.4 Å². The van der Waals surface area contributed by atoms with Crippen LogP contribution in [0.5, 0.6) is 5.75 Å². The highest BCUT2D eigenvalue weighted by molar-refractivity contribution is 5.78. The Labute approximate surface area is 121 Å². The standard InChI is InChI=1S/C16H26N2O2/c1-12-6-8-14(9-7-12)20-11-13(2)17-10-15(19)18-16(3,4)5/h6-9,13,17H,10-11H2,1-5H3,(H,18,19). The van der Waals surface area contributed by atoms with Crippen molar-refractivity contribution in [1.82, 2.24) is 10.6 Å². The molecule has 0 saturated carbocycles. The molecule has 0 aliphatic carbocycles. The van der Waals surface area contributed by atoms with Gasteiger partial charge in [0.1, 0.15) is 12.4 Å². The van der Waals surface area contributed by atoms with E-state index in [1.165, 1.54) is 5.56 Å². The van der Waals surface area contributed by atoms with E-state index in [-0.39, 0.29) is 17.5 Å². The van der Waals surface area contributed by atoms with Crippen LogP contribution in [0.4, 0.5) is 0 Å². The van der Waals surface area contributed by atoms with Crippen molar-refractivity contribution in [2.24, 2.45) is 0 Å². The molecule has 0 radical (unpaired) electrons. The van der Waals surface area contributed by atoms with Crippen molar-refractivity contribution in [2.45, 2.75) is 46.2 Å². The van der Waals surface area contributed by atoms with Crippen LogP contribution in [0.2, 0.25) is 0 Å². The van der Waals surface area contributed by atoms with E-state index in [1.807, 2.05) is 58.9 Å². The summed E-state index contributed by atoms with van der Waals surface area (Å²) in [5, 5.41) is 6.06. The van der Waals surface area contributed by atoms with Gasteiger partial charge in [-0.1, -0.05) is 17.7 Å². The molecule has 1 unspecified atom stereocenters. The summed E-state index contributed by atoms with van der Waals surface area (Å²) in [6.45, 7) is 10.8. The summed E-state index contributed by atoms with van der Waals surface area (Å²) in [5.41, 5.74) is 1.02. The molecule has 2 N–H and O–H groups in total. The number of carbonyl (C=O) groups is 1. The normalized spacial score (nSPS) is 12.8. The van der Waals surface area contributed by atoms with Gasteiger partial charge in [0.25, 0.3) is 0 Å². The van der Waals surface area contributed by atoms with Crippen LogP contribution in [-0.4, -0.2) is 30.6 Å². The largest absolute Gasteiger partial charge is 0.492 e. The van der Waals surface area contributed by atoms with E-state index >= 15 is 0 Å². The van der Waals surface area contributed by atoms with E-state index in [9.17, 15) is 4.79 Å². The molecular weight excluding hydrogens is 252 g/mol. The molecule has 1 amide bonds. The van der Waals surface area contributed by atoms with Crippen molar-refractivity contribution in [3.63, 3.8) is 0 Å². The monoisotopic (exact) mass is 278 g/mol. The van der Waals surface area contributed by atoms with Crippen molar-refractivity contribution in [1.29, 1.82) is 0 Å². The first-order valence-electron chi connectivity index (χ1n) is 7.00. The number of aryl methyl sites for hydroxylation is 1. The first-order chi connectivity index (χ1) is 9.26. The molecule has 1 aromatic carbocycles. The zero-order chi connectivity index (χ0) is 15.2. The van der Waals surface area contributed by atoms with Gasteiger partial charge in [0, 0.05) is 11.6 Å². The number of nitrogens with one attached hydrogen (secondary N) is 2. The minimum absolute atomic E-state index is 0.000291. The third-order valence-electron chi connectivity index (χ3n) is 2.65. The van der Waals surface area contributed by atoms with E-state index < -0.39 is 0 Å². The number of amides is 1. The van der Waals surface area contributed by atoms with Crippen LogP contribution in [0.3, 0.4) is 0 Å². The third-order valence-corrected chi connectivity index (χ3v) is 2.65. The van der Waals surface area contributed by atoms with E-state index in [0.29, 0.717) is 13.2 Å². The predicted molar refractivity (Wildman–Crippen MR) is 82.0 cm³/mol. The molecule has 0 aliphatic rings. The van der Waals surface area contributed by atoms with Crippen LogP contribution < -0.4 is 15.4 Å². The fraction of sp³-hybridized carbons (Fsp3) is 0.562. The molecule has 0 aromatic heterocycles. The van der Waals surface area contributed by atoms with Crippen LogP contribution >= 0.6 is 0 Å². The van der Waals surface area contributed by atoms with Gasteiger partial charge in [-0.25, -0.2) is 0 Å². The SMILES string of the molecule is Cc1ccc(OCC(C)NCC(=O)NC(C)(C)C)cc1. The number of hydrogen-bond acceptors (Lipinski definition) is 3. The second-order valence-corrected chi connectivity index (χ2v) is 6.20. The smallest absolute Gasteiger partial charge is 0.234 e. The van der Waals surface area contributed by atoms with Gasteiger partial charge in [-0.2, -0.15) is 0 Å². The minimum Gasteiger partial charge on any atom is -0.492 e. The highest BCUT2D eigenvalue weighted by Crippen LogP contribution is 2.11. The molecule has 1 atom stereocenters. The van der Waals surface area contributed by atoms with Gasteiger partial charge in [-0.15, -0.1) is 0 Å². The number of ether oxygens (including phenoxy) is 1. The Bertz CT molecular complexity index is 421. The molecule has 20 heavy (non-hydrogen) atoms. The average molecular weight is 278 g/mol. The van der Waals surface area contributed by atoms with Crippen LogP contribution in [0.15, 0.2) is 24.3 Å². The zero-order valence-corrected chi connectivity index (χ0v) is 13.1. The Balaban J connectivity index is 2.25. The number of benzene rings is 1. The molecule has 0 aliphatic heterocycles. The van der Waals surface area contributed by atoms with Crippen molar-refractivity contribution in [3.8, 4) is 5.75 Å². The van der Waals surface area contributed by atoms with Crippen molar-refractivity contribution in [2.75, 3.05) is 13.2 Å². The fourth-order valence-electron chi connectivity index (χ4n) is 1.64. The number of rotatable bonds is 6. The highest BCUT2D eigenvalue weighted by Gasteiger charge is 2.14. The lowest BCUT2D eigenvalue weighted by atomic mass is 10.1. The Morgan fingerprint density at radius 1 is 1.25 bits per heavy atom. The molecule has 0 saturated heterocycles. The van der Waals surface area contributed by atoms with Crippen LogP contribution in [-0.2, 0) is 4.79 Å². The average Bonchev–Trinajstić information content (AvgIpc) is 2.33. The zero-order valence-electron chi connectivity index (χ0n) is 13.1. The van der Waals surface area contributed by atoms with Crippen molar-refractivity contribution in [3.05, 3.63) is 29.8 Å². The maximum atomic E-state index is 11.7. The van der Waals surface area contributed by atoms with Crippen molar-refractivity contribution < 1.29 is 9.53 Å². The summed E-state index contributed by atoms with van der Waals surface area (Å²) >= 11 is 0. The maximum Gasteiger partial charge on any atom is 0.234 e. The molecule has 1 aromatic rings. The summed E-state index contributed by atoms with van der Waals surface area (Å²) in [6, 6.07) is 8.05. The lowest BCUT2D eigenvalue weighted by molar-refractivity contribution is -0.121. The van der Waals surface area contributed by atoms with Gasteiger partial charge in [0.05, 0.1) is 6.54 Å². The number of hydrogen-bond donors (Lipinski definition) is 2. The molecular formula is C16H26N2O2. The molecule has 0 bridgehead atoms. The van der Waals surface area contributed by atoms with Crippen LogP contribution in [0.1, 0.15) is 33.3 Å². The lowest BCUT2D eigenvalue weighted by Crippen LogP contribution is -2.47. The van der Waals surface area contributed by atoms with E-state index in [0.717, 1.165) is 5.75 Å². The number of carbonyl (C=O) groups excluding carboxylic acids is 1. The molecule has 0 spiro atoms. The van der Waals surface area contributed by atoms with Crippen LogP contribution in [0, 0.1) is 6.92 Å². The topological polar surface area (TPSA) is 50.4 Å². The quantitative estimate of drug-likeness (QED) is 0.839. The highest BCUT2D eigenvalue weighted by atomic mass is 16.5. The van der Waals surface area contributed by atoms with E-state index in [2.05, 4.69) is 10.6 Å². The van der Waals surface area contributed by atoms with E-state index in [1.54, 1.807) is 0 Å². The molecule has 1 rings (SSSR count). The van der Waals surface area contributed by atoms with Gasteiger partial charge in [0.2, 0.25) is 5.91 Å². The van der Waals surface area contributed by atoms with Crippen molar-refractivity contribution >= 4 is 5.91 Å².